The maximum Gasteiger partial charge on any atom is 0.188 e. The van der Waals surface area contributed by atoms with Crippen LogP contribution in [0.2, 0.25) is 0 Å². The van der Waals surface area contributed by atoms with Crippen molar-refractivity contribution in [3.63, 3.8) is 0 Å². The maximum atomic E-state index is 4.03. The zero-order valence-corrected chi connectivity index (χ0v) is 8.10. The summed E-state index contributed by atoms with van der Waals surface area (Å²) in [6, 6.07) is 0. The zero-order chi connectivity index (χ0) is 8.43. The van der Waals surface area contributed by atoms with E-state index in [2.05, 4.69) is 40.2 Å². The van der Waals surface area contributed by atoms with Crippen molar-refractivity contribution in [3.8, 4) is 0 Å². The summed E-state index contributed by atoms with van der Waals surface area (Å²) >= 11 is 8.01. The third-order valence-electron chi connectivity index (χ3n) is 1.15. The molecule has 0 saturated carbocycles. The molecule has 0 aliphatic carbocycles. The molecule has 0 aliphatic heterocycles. The molecule has 60 valence electrons. The molecule has 0 radical (unpaired) electrons. The van der Waals surface area contributed by atoms with Crippen LogP contribution >= 0.6 is 25.3 Å². The lowest BCUT2D eigenvalue weighted by Crippen LogP contribution is -2.00. The molecule has 0 aliphatic rings. The maximum absolute atomic E-state index is 4.03. The molecule has 1 aromatic heterocycles. The van der Waals surface area contributed by atoms with E-state index in [1.807, 2.05) is 13.8 Å². The normalized spacial score (nSPS) is 10.6. The average molecular weight is 187 g/mol. The Morgan fingerprint density at radius 2 is 1.45 bits per heavy atom. The lowest BCUT2D eigenvalue weighted by atomic mass is 10.2. The summed E-state index contributed by atoms with van der Waals surface area (Å²) in [6.07, 6.45) is 0. The van der Waals surface area contributed by atoms with E-state index in [9.17, 15) is 0 Å². The predicted octanol–water partition coefficient (Wildman–Crippen LogP) is 1.57. The highest BCUT2D eigenvalue weighted by atomic mass is 32.1. The SMILES string of the molecule is CC(C)c1nc(S)nc(S)n1. The van der Waals surface area contributed by atoms with Crippen molar-refractivity contribution in [1.82, 2.24) is 15.0 Å². The minimum Gasteiger partial charge on any atom is -0.207 e. The molecular weight excluding hydrogens is 178 g/mol. The Hall–Kier alpha value is -0.290. The molecule has 0 aromatic carbocycles. The summed E-state index contributed by atoms with van der Waals surface area (Å²) in [5.41, 5.74) is 0. The largest absolute Gasteiger partial charge is 0.207 e. The van der Waals surface area contributed by atoms with E-state index in [4.69, 9.17) is 0 Å². The fourth-order valence-corrected chi connectivity index (χ4v) is 1.10. The van der Waals surface area contributed by atoms with Gasteiger partial charge in [-0.2, -0.15) is 4.98 Å². The third-order valence-corrected chi connectivity index (χ3v) is 1.55. The molecule has 1 heterocycles. The van der Waals surface area contributed by atoms with E-state index in [0.717, 1.165) is 5.82 Å². The van der Waals surface area contributed by atoms with Gasteiger partial charge in [-0.1, -0.05) is 13.8 Å². The lowest BCUT2D eigenvalue weighted by Gasteiger charge is -2.02. The number of hydrogen-bond acceptors (Lipinski definition) is 5. The monoisotopic (exact) mass is 187 g/mol. The van der Waals surface area contributed by atoms with Crippen LogP contribution in [0.15, 0.2) is 10.3 Å². The highest BCUT2D eigenvalue weighted by Crippen LogP contribution is 2.11. The van der Waals surface area contributed by atoms with Crippen LogP contribution in [-0.2, 0) is 0 Å². The van der Waals surface area contributed by atoms with Crippen molar-refractivity contribution < 1.29 is 0 Å². The molecule has 11 heavy (non-hydrogen) atoms. The van der Waals surface area contributed by atoms with E-state index in [1.165, 1.54) is 0 Å². The van der Waals surface area contributed by atoms with Gasteiger partial charge in [0.05, 0.1) is 0 Å². The van der Waals surface area contributed by atoms with Gasteiger partial charge in [0.1, 0.15) is 5.82 Å². The molecule has 3 nitrogen and oxygen atoms in total. The van der Waals surface area contributed by atoms with Crippen molar-refractivity contribution in [2.75, 3.05) is 0 Å². The van der Waals surface area contributed by atoms with Gasteiger partial charge in [-0.25, -0.2) is 9.97 Å². The second-order valence-electron chi connectivity index (χ2n) is 2.45. The van der Waals surface area contributed by atoms with Crippen molar-refractivity contribution in [2.45, 2.75) is 30.1 Å². The molecule has 1 rings (SSSR count). The smallest absolute Gasteiger partial charge is 0.188 e. The van der Waals surface area contributed by atoms with Gasteiger partial charge in [0.15, 0.2) is 10.3 Å². The number of hydrogen-bond donors (Lipinski definition) is 2. The van der Waals surface area contributed by atoms with E-state index in [-0.39, 0.29) is 5.92 Å². The molecular formula is C6H9N3S2. The van der Waals surface area contributed by atoms with Crippen molar-refractivity contribution in [1.29, 1.82) is 0 Å². The van der Waals surface area contributed by atoms with Crippen LogP contribution in [0.4, 0.5) is 0 Å². The number of thiol groups is 2. The fourth-order valence-electron chi connectivity index (χ4n) is 0.628. The van der Waals surface area contributed by atoms with E-state index in [0.29, 0.717) is 10.3 Å². The molecule has 0 N–H and O–H groups in total. The van der Waals surface area contributed by atoms with Crippen LogP contribution < -0.4 is 0 Å². The van der Waals surface area contributed by atoms with Crippen molar-refractivity contribution in [3.05, 3.63) is 5.82 Å². The second kappa shape index (κ2) is 3.40. The van der Waals surface area contributed by atoms with Crippen LogP contribution in [0.3, 0.4) is 0 Å². The Morgan fingerprint density at radius 3 is 1.82 bits per heavy atom. The fraction of sp³-hybridized carbons (Fsp3) is 0.500. The van der Waals surface area contributed by atoms with Gasteiger partial charge in [0.2, 0.25) is 0 Å². The Bertz CT molecular complexity index is 242. The van der Waals surface area contributed by atoms with Gasteiger partial charge in [0, 0.05) is 5.92 Å². The number of nitrogens with zero attached hydrogens (tertiary/aromatic N) is 3. The zero-order valence-electron chi connectivity index (χ0n) is 6.31. The first-order valence-corrected chi connectivity index (χ1v) is 4.13. The van der Waals surface area contributed by atoms with Crippen LogP contribution in [0.1, 0.15) is 25.6 Å². The molecule has 1 aromatic rings. The molecule has 0 saturated heterocycles. The first-order valence-electron chi connectivity index (χ1n) is 3.23. The van der Waals surface area contributed by atoms with Crippen LogP contribution in [0.25, 0.3) is 0 Å². The lowest BCUT2D eigenvalue weighted by molar-refractivity contribution is 0.680. The minimum absolute atomic E-state index is 0.287. The van der Waals surface area contributed by atoms with Gasteiger partial charge in [-0.15, -0.1) is 25.3 Å². The van der Waals surface area contributed by atoms with Crippen molar-refractivity contribution in [2.24, 2.45) is 0 Å². The average Bonchev–Trinajstić information content (AvgIpc) is 1.85. The van der Waals surface area contributed by atoms with Gasteiger partial charge >= 0.3 is 0 Å². The molecule has 0 bridgehead atoms. The first-order chi connectivity index (χ1) is 5.09. The topological polar surface area (TPSA) is 38.7 Å². The summed E-state index contributed by atoms with van der Waals surface area (Å²) in [5, 5.41) is 0.849. The number of rotatable bonds is 1. The standard InChI is InChI=1S/C6H9N3S2/c1-3(2)4-7-5(10)9-6(11)8-4/h3H,1-2H3,(H2,7,8,9,10,11). The first kappa shape index (κ1) is 8.80. The summed E-state index contributed by atoms with van der Waals surface area (Å²) in [5.74, 6) is 1.02. The summed E-state index contributed by atoms with van der Waals surface area (Å²) in [4.78, 5) is 11.9. The van der Waals surface area contributed by atoms with Crippen LogP contribution in [0, 0.1) is 0 Å². The minimum atomic E-state index is 0.287. The van der Waals surface area contributed by atoms with Gasteiger partial charge in [-0.05, 0) is 0 Å². The summed E-state index contributed by atoms with van der Waals surface area (Å²) < 4.78 is 0. The molecule has 0 atom stereocenters. The van der Waals surface area contributed by atoms with E-state index >= 15 is 0 Å². The van der Waals surface area contributed by atoms with Crippen LogP contribution in [0.5, 0.6) is 0 Å². The van der Waals surface area contributed by atoms with Crippen LogP contribution in [-0.4, -0.2) is 15.0 Å². The Balaban J connectivity index is 3.08. The predicted molar refractivity (Wildman–Crippen MR) is 48.4 cm³/mol. The summed E-state index contributed by atoms with van der Waals surface area (Å²) in [6.45, 7) is 4.02. The van der Waals surface area contributed by atoms with Gasteiger partial charge in [-0.3, -0.25) is 0 Å². The summed E-state index contributed by atoms with van der Waals surface area (Å²) in [7, 11) is 0. The highest BCUT2D eigenvalue weighted by molar-refractivity contribution is 7.80. The van der Waals surface area contributed by atoms with E-state index < -0.39 is 0 Å². The van der Waals surface area contributed by atoms with E-state index in [1.54, 1.807) is 0 Å². The Morgan fingerprint density at radius 1 is 1.00 bits per heavy atom. The molecule has 0 fully saturated rings. The third kappa shape index (κ3) is 2.34. The molecule has 0 unspecified atom stereocenters. The Labute approximate surface area is 76.5 Å². The second-order valence-corrected chi connectivity index (χ2v) is 3.25. The molecule has 5 heteroatoms. The van der Waals surface area contributed by atoms with Crippen molar-refractivity contribution >= 4 is 25.3 Å². The highest BCUT2D eigenvalue weighted by Gasteiger charge is 2.04. The molecule has 0 amide bonds. The van der Waals surface area contributed by atoms with Gasteiger partial charge in [0.25, 0.3) is 0 Å². The quantitative estimate of drug-likeness (QED) is 0.655. The number of aromatic nitrogens is 3. The van der Waals surface area contributed by atoms with Gasteiger partial charge < -0.3 is 0 Å². The molecule has 0 spiro atoms. The Kier molecular flexibility index (Phi) is 2.72.